The summed E-state index contributed by atoms with van der Waals surface area (Å²) in [6, 6.07) is 0. The lowest BCUT2D eigenvalue weighted by Crippen LogP contribution is -2.25. The summed E-state index contributed by atoms with van der Waals surface area (Å²) >= 11 is 0. The van der Waals surface area contributed by atoms with E-state index < -0.39 is 12.1 Å². The summed E-state index contributed by atoms with van der Waals surface area (Å²) in [5.74, 6) is -0.152. The molecule has 0 amide bonds. The van der Waals surface area contributed by atoms with E-state index in [4.69, 9.17) is 4.74 Å². The summed E-state index contributed by atoms with van der Waals surface area (Å²) in [6.07, 6.45) is 7.93. The van der Waals surface area contributed by atoms with Gasteiger partial charge in [0.05, 0.1) is 6.61 Å². The molecule has 18 heavy (non-hydrogen) atoms. The molecule has 108 valence electrons. The standard InChI is InChI=1S/C15H30O3/c1-4-5-6-7-8-9-10-11-18-15(17)14(16)12-13(2)3/h13-14,16H,4-12H2,1-3H3. The van der Waals surface area contributed by atoms with Crippen molar-refractivity contribution >= 4 is 5.97 Å². The van der Waals surface area contributed by atoms with E-state index in [-0.39, 0.29) is 0 Å². The Bertz CT molecular complexity index is 202. The number of unbranched alkanes of at least 4 members (excludes halogenated alkanes) is 6. The van der Waals surface area contributed by atoms with Gasteiger partial charge in [0.25, 0.3) is 0 Å². The molecule has 0 aromatic heterocycles. The van der Waals surface area contributed by atoms with Gasteiger partial charge in [-0.3, -0.25) is 0 Å². The zero-order valence-corrected chi connectivity index (χ0v) is 12.3. The molecule has 3 heteroatoms. The second-order valence-corrected chi connectivity index (χ2v) is 5.43. The molecule has 0 rings (SSSR count). The average Bonchev–Trinajstić information content (AvgIpc) is 2.31. The van der Waals surface area contributed by atoms with Crippen molar-refractivity contribution in [2.24, 2.45) is 5.92 Å². The Kier molecular flexibility index (Phi) is 11.2. The predicted octanol–water partition coefficient (Wildman–Crippen LogP) is 3.69. The van der Waals surface area contributed by atoms with Crippen LogP contribution < -0.4 is 0 Å². The van der Waals surface area contributed by atoms with Crippen molar-refractivity contribution in [2.75, 3.05) is 6.61 Å². The number of carbonyl (C=O) groups is 1. The van der Waals surface area contributed by atoms with Crippen LogP contribution in [0.15, 0.2) is 0 Å². The van der Waals surface area contributed by atoms with Gasteiger partial charge < -0.3 is 9.84 Å². The first-order valence-corrected chi connectivity index (χ1v) is 7.42. The Hall–Kier alpha value is -0.570. The Morgan fingerprint density at radius 1 is 1.06 bits per heavy atom. The van der Waals surface area contributed by atoms with E-state index in [1.54, 1.807) is 0 Å². The third-order valence-corrected chi connectivity index (χ3v) is 2.96. The Balaban J connectivity index is 3.35. The monoisotopic (exact) mass is 258 g/mol. The van der Waals surface area contributed by atoms with E-state index in [0.717, 1.165) is 12.8 Å². The minimum Gasteiger partial charge on any atom is -0.464 e. The molecule has 0 saturated carbocycles. The van der Waals surface area contributed by atoms with Gasteiger partial charge in [-0.25, -0.2) is 4.79 Å². The normalized spacial score (nSPS) is 12.7. The smallest absolute Gasteiger partial charge is 0.334 e. The minimum absolute atomic E-state index is 0.311. The summed E-state index contributed by atoms with van der Waals surface area (Å²) < 4.78 is 5.04. The van der Waals surface area contributed by atoms with Crippen molar-refractivity contribution in [1.82, 2.24) is 0 Å². The Morgan fingerprint density at radius 3 is 2.17 bits per heavy atom. The number of hydrogen-bond donors (Lipinski definition) is 1. The quantitative estimate of drug-likeness (QED) is 0.454. The number of aliphatic hydroxyl groups excluding tert-OH is 1. The first-order valence-electron chi connectivity index (χ1n) is 7.42. The molecular formula is C15H30O3. The number of aliphatic hydroxyl groups is 1. The van der Waals surface area contributed by atoms with Crippen LogP contribution in [0.5, 0.6) is 0 Å². The molecule has 3 nitrogen and oxygen atoms in total. The second-order valence-electron chi connectivity index (χ2n) is 5.43. The molecule has 0 radical (unpaired) electrons. The van der Waals surface area contributed by atoms with Crippen LogP contribution in [0.4, 0.5) is 0 Å². The highest BCUT2D eigenvalue weighted by Gasteiger charge is 2.17. The lowest BCUT2D eigenvalue weighted by Gasteiger charge is -2.12. The highest BCUT2D eigenvalue weighted by Crippen LogP contribution is 2.08. The number of hydrogen-bond acceptors (Lipinski definition) is 3. The number of rotatable bonds is 11. The van der Waals surface area contributed by atoms with E-state index in [2.05, 4.69) is 6.92 Å². The van der Waals surface area contributed by atoms with Crippen molar-refractivity contribution in [3.63, 3.8) is 0 Å². The summed E-state index contributed by atoms with van der Waals surface area (Å²) in [5.41, 5.74) is 0. The van der Waals surface area contributed by atoms with Gasteiger partial charge in [-0.1, -0.05) is 59.3 Å². The van der Waals surface area contributed by atoms with E-state index in [1.165, 1.54) is 32.1 Å². The van der Waals surface area contributed by atoms with Gasteiger partial charge in [0.1, 0.15) is 0 Å². The number of esters is 1. The van der Waals surface area contributed by atoms with Crippen molar-refractivity contribution in [2.45, 2.75) is 78.2 Å². The lowest BCUT2D eigenvalue weighted by atomic mass is 10.1. The number of ether oxygens (including phenoxy) is 1. The molecule has 1 N–H and O–H groups in total. The molecule has 0 aliphatic heterocycles. The first kappa shape index (κ1) is 17.4. The molecule has 0 aromatic rings. The van der Waals surface area contributed by atoms with E-state index in [1.807, 2.05) is 13.8 Å². The van der Waals surface area contributed by atoms with Gasteiger partial charge in [-0.2, -0.15) is 0 Å². The van der Waals surface area contributed by atoms with Crippen LogP contribution in [0.1, 0.15) is 72.1 Å². The van der Waals surface area contributed by atoms with Crippen molar-refractivity contribution in [3.8, 4) is 0 Å². The third kappa shape index (κ3) is 10.6. The maximum atomic E-state index is 11.4. The highest BCUT2D eigenvalue weighted by molar-refractivity contribution is 5.74. The fraction of sp³-hybridized carbons (Fsp3) is 0.933. The SMILES string of the molecule is CCCCCCCCCOC(=O)C(O)CC(C)C. The van der Waals surface area contributed by atoms with Gasteiger partial charge in [-0.05, 0) is 18.8 Å². The van der Waals surface area contributed by atoms with Crippen molar-refractivity contribution in [1.29, 1.82) is 0 Å². The van der Waals surface area contributed by atoms with E-state index in [0.29, 0.717) is 18.9 Å². The molecule has 0 aliphatic rings. The van der Waals surface area contributed by atoms with Crippen LogP contribution in [0.3, 0.4) is 0 Å². The minimum atomic E-state index is -0.949. The Labute approximate surface area is 112 Å². The summed E-state index contributed by atoms with van der Waals surface area (Å²) in [5, 5.41) is 9.51. The average molecular weight is 258 g/mol. The van der Waals surface area contributed by atoms with Gasteiger partial charge in [0, 0.05) is 0 Å². The molecule has 0 heterocycles. The molecule has 1 unspecified atom stereocenters. The van der Waals surface area contributed by atoms with Crippen molar-refractivity contribution < 1.29 is 14.6 Å². The topological polar surface area (TPSA) is 46.5 Å². The van der Waals surface area contributed by atoms with Crippen LogP contribution in [0.2, 0.25) is 0 Å². The van der Waals surface area contributed by atoms with Crippen LogP contribution in [-0.4, -0.2) is 23.8 Å². The fourth-order valence-corrected chi connectivity index (χ4v) is 1.87. The fourth-order valence-electron chi connectivity index (χ4n) is 1.87. The van der Waals surface area contributed by atoms with Crippen LogP contribution in [0, 0.1) is 5.92 Å². The molecule has 0 bridgehead atoms. The summed E-state index contributed by atoms with van der Waals surface area (Å²) in [6.45, 7) is 6.61. The lowest BCUT2D eigenvalue weighted by molar-refractivity contribution is -0.154. The van der Waals surface area contributed by atoms with Crippen molar-refractivity contribution in [3.05, 3.63) is 0 Å². The molecule has 0 aromatic carbocycles. The zero-order valence-electron chi connectivity index (χ0n) is 12.3. The van der Waals surface area contributed by atoms with Crippen LogP contribution >= 0.6 is 0 Å². The predicted molar refractivity (Wildman–Crippen MR) is 74.4 cm³/mol. The third-order valence-electron chi connectivity index (χ3n) is 2.96. The maximum Gasteiger partial charge on any atom is 0.334 e. The van der Waals surface area contributed by atoms with Gasteiger partial charge in [0.15, 0.2) is 6.10 Å². The van der Waals surface area contributed by atoms with E-state index in [9.17, 15) is 9.90 Å². The Morgan fingerprint density at radius 2 is 1.61 bits per heavy atom. The molecule has 0 aliphatic carbocycles. The molecule has 0 fully saturated rings. The summed E-state index contributed by atoms with van der Waals surface area (Å²) in [7, 11) is 0. The number of carbonyl (C=O) groups excluding carboxylic acids is 1. The molecule has 0 spiro atoms. The van der Waals surface area contributed by atoms with Gasteiger partial charge in [0.2, 0.25) is 0 Å². The highest BCUT2D eigenvalue weighted by atomic mass is 16.5. The largest absolute Gasteiger partial charge is 0.464 e. The van der Waals surface area contributed by atoms with Crippen LogP contribution in [0.25, 0.3) is 0 Å². The second kappa shape index (κ2) is 11.5. The molecule has 1 atom stereocenters. The van der Waals surface area contributed by atoms with Crippen LogP contribution in [-0.2, 0) is 9.53 Å². The molecule has 0 saturated heterocycles. The van der Waals surface area contributed by atoms with Gasteiger partial charge >= 0.3 is 5.97 Å². The summed E-state index contributed by atoms with van der Waals surface area (Å²) in [4.78, 5) is 11.4. The molecular weight excluding hydrogens is 228 g/mol. The first-order chi connectivity index (χ1) is 8.57. The van der Waals surface area contributed by atoms with Gasteiger partial charge in [-0.15, -0.1) is 0 Å². The van der Waals surface area contributed by atoms with E-state index >= 15 is 0 Å². The maximum absolute atomic E-state index is 11.4. The zero-order chi connectivity index (χ0) is 13.8.